The highest BCUT2D eigenvalue weighted by Gasteiger charge is 2.62. The van der Waals surface area contributed by atoms with Crippen LogP contribution in [0.25, 0.3) is 11.4 Å². The molecule has 6 nitrogen and oxygen atoms in total. The maximum atomic E-state index is 13.3. The van der Waals surface area contributed by atoms with Gasteiger partial charge in [-0.25, -0.2) is 13.8 Å². The normalized spacial score (nSPS) is 17.5. The Balaban J connectivity index is 1.72. The van der Waals surface area contributed by atoms with Crippen molar-refractivity contribution in [3.05, 3.63) is 46.3 Å². The zero-order valence-electron chi connectivity index (χ0n) is 14.8. The van der Waals surface area contributed by atoms with Crippen molar-refractivity contribution in [3.63, 3.8) is 0 Å². The topological polar surface area (TPSA) is 68.5 Å². The summed E-state index contributed by atoms with van der Waals surface area (Å²) < 4.78 is 68.2. The van der Waals surface area contributed by atoms with Crippen molar-refractivity contribution in [2.45, 2.75) is 25.1 Å². The van der Waals surface area contributed by atoms with Gasteiger partial charge in [-0.15, -0.1) is 0 Å². The zero-order valence-corrected chi connectivity index (χ0v) is 16.3. The molecule has 1 aliphatic rings. The fourth-order valence-corrected chi connectivity index (χ4v) is 2.54. The van der Waals surface area contributed by atoms with E-state index >= 15 is 0 Å². The molecular weight excluding hydrogens is 460 g/mol. The average Bonchev–Trinajstić information content (AvgIpc) is 3.06. The first-order valence-corrected chi connectivity index (χ1v) is 9.06. The Morgan fingerprint density at radius 3 is 2.43 bits per heavy atom. The van der Waals surface area contributed by atoms with Crippen LogP contribution in [0.4, 0.5) is 22.0 Å². The van der Waals surface area contributed by atoms with Crippen LogP contribution in [0.15, 0.2) is 39.4 Å². The van der Waals surface area contributed by atoms with Gasteiger partial charge < -0.3 is 4.52 Å². The minimum absolute atomic E-state index is 0.123. The first-order valence-electron chi connectivity index (χ1n) is 8.31. The number of nitrogens with zero attached hydrogens (tertiary/aromatic N) is 3. The lowest BCUT2D eigenvalue weighted by molar-refractivity contribution is -0.189. The van der Waals surface area contributed by atoms with Crippen LogP contribution in [-0.2, 0) is 22.4 Å². The second-order valence-electron chi connectivity index (χ2n) is 6.30. The zero-order chi connectivity index (χ0) is 22.1. The van der Waals surface area contributed by atoms with Crippen molar-refractivity contribution in [1.82, 2.24) is 15.2 Å². The lowest BCUT2D eigenvalue weighted by Crippen LogP contribution is -2.33. The van der Waals surface area contributed by atoms with Gasteiger partial charge in [0.25, 0.3) is 11.8 Å². The number of amides is 1. The van der Waals surface area contributed by atoms with Crippen LogP contribution < -0.4 is 0 Å². The van der Waals surface area contributed by atoms with Gasteiger partial charge in [-0.05, 0) is 11.6 Å². The highest BCUT2D eigenvalue weighted by molar-refractivity contribution is 6.55. The van der Waals surface area contributed by atoms with Crippen LogP contribution in [0.1, 0.15) is 17.9 Å². The molecule has 3 rings (SSSR count). The first-order chi connectivity index (χ1) is 14.0. The molecule has 1 aromatic carbocycles. The number of hydroxylamine groups is 2. The van der Waals surface area contributed by atoms with E-state index in [0.29, 0.717) is 5.56 Å². The molecule has 13 heteroatoms. The fraction of sp³-hybridized carbons (Fsp3) is 0.353. The van der Waals surface area contributed by atoms with E-state index < -0.39 is 36.2 Å². The molecule has 1 fully saturated rings. The number of halogens is 7. The van der Waals surface area contributed by atoms with Crippen LogP contribution >= 0.6 is 23.2 Å². The molecule has 0 bridgehead atoms. The van der Waals surface area contributed by atoms with E-state index in [1.807, 2.05) is 0 Å². The molecule has 1 aromatic heterocycles. The third-order valence-corrected chi connectivity index (χ3v) is 4.35. The minimum atomic E-state index is -4.77. The molecule has 1 heterocycles. The summed E-state index contributed by atoms with van der Waals surface area (Å²) in [5.74, 6) is -7.23. The lowest BCUT2D eigenvalue weighted by Gasteiger charge is -2.21. The Hall–Kier alpha value is -2.24. The van der Waals surface area contributed by atoms with Crippen LogP contribution in [0.2, 0.25) is 0 Å². The standard InChI is InChI=1S/C17H12Cl2F5N3O3/c18-12(19)5-6-29-27(14(28)11-7-16(11,20)21)8-9-1-3-10(4-2-9)13-25-15(30-26-13)17(22,23)24/h1-5,11H,6-8H2. The van der Waals surface area contributed by atoms with E-state index in [2.05, 4.69) is 14.7 Å². The van der Waals surface area contributed by atoms with E-state index in [4.69, 9.17) is 28.0 Å². The summed E-state index contributed by atoms with van der Waals surface area (Å²) in [6.45, 7) is -0.424. The molecule has 1 unspecified atom stereocenters. The summed E-state index contributed by atoms with van der Waals surface area (Å²) in [5, 5.41) is 4.03. The summed E-state index contributed by atoms with van der Waals surface area (Å²) in [6.07, 6.45) is -4.11. The monoisotopic (exact) mass is 471 g/mol. The van der Waals surface area contributed by atoms with Gasteiger partial charge in [0.1, 0.15) is 10.4 Å². The lowest BCUT2D eigenvalue weighted by atomic mass is 10.1. The number of carbonyl (C=O) groups is 1. The van der Waals surface area contributed by atoms with E-state index in [9.17, 15) is 26.7 Å². The number of carbonyl (C=O) groups excluding carboxylic acids is 1. The van der Waals surface area contributed by atoms with Gasteiger partial charge in [0.05, 0.1) is 13.2 Å². The molecule has 0 saturated heterocycles. The largest absolute Gasteiger partial charge is 0.471 e. The molecule has 0 spiro atoms. The summed E-state index contributed by atoms with van der Waals surface area (Å²) in [4.78, 5) is 20.8. The molecule has 2 aromatic rings. The van der Waals surface area contributed by atoms with Crippen molar-refractivity contribution in [2.75, 3.05) is 6.61 Å². The van der Waals surface area contributed by atoms with E-state index in [1.54, 1.807) is 0 Å². The molecule has 0 radical (unpaired) electrons. The molecule has 1 amide bonds. The van der Waals surface area contributed by atoms with Crippen LogP contribution in [0.3, 0.4) is 0 Å². The number of alkyl halides is 5. The highest BCUT2D eigenvalue weighted by Crippen LogP contribution is 2.49. The molecule has 0 aliphatic heterocycles. The molecule has 1 saturated carbocycles. The van der Waals surface area contributed by atoms with Crippen LogP contribution in [-0.4, -0.2) is 33.6 Å². The van der Waals surface area contributed by atoms with Gasteiger partial charge in [-0.3, -0.25) is 9.63 Å². The Labute approximate surface area is 176 Å². The van der Waals surface area contributed by atoms with Crippen molar-refractivity contribution in [2.24, 2.45) is 5.92 Å². The van der Waals surface area contributed by atoms with E-state index in [1.165, 1.54) is 30.3 Å². The van der Waals surface area contributed by atoms with Crippen LogP contribution in [0, 0.1) is 5.92 Å². The van der Waals surface area contributed by atoms with Crippen LogP contribution in [0.5, 0.6) is 0 Å². The van der Waals surface area contributed by atoms with E-state index in [-0.39, 0.29) is 29.0 Å². The summed E-state index contributed by atoms with van der Waals surface area (Å²) in [5.41, 5.74) is 0.680. The maximum absolute atomic E-state index is 13.3. The molecule has 1 aliphatic carbocycles. The quantitative estimate of drug-likeness (QED) is 0.420. The number of benzene rings is 1. The Morgan fingerprint density at radius 1 is 1.30 bits per heavy atom. The Bertz CT molecular complexity index is 943. The van der Waals surface area contributed by atoms with Crippen molar-refractivity contribution >= 4 is 29.1 Å². The third kappa shape index (κ3) is 5.46. The molecule has 30 heavy (non-hydrogen) atoms. The Kier molecular flexibility index (Phi) is 6.34. The number of hydrogen-bond acceptors (Lipinski definition) is 5. The number of rotatable bonds is 7. The van der Waals surface area contributed by atoms with Gasteiger partial charge in [0.2, 0.25) is 5.82 Å². The summed E-state index contributed by atoms with van der Waals surface area (Å²) in [7, 11) is 0. The second kappa shape index (κ2) is 8.48. The third-order valence-electron chi connectivity index (χ3n) is 4.04. The van der Waals surface area contributed by atoms with E-state index in [0.717, 1.165) is 5.06 Å². The van der Waals surface area contributed by atoms with Gasteiger partial charge in [-0.1, -0.05) is 52.6 Å². The van der Waals surface area contributed by atoms with Gasteiger partial charge >= 0.3 is 12.1 Å². The highest BCUT2D eigenvalue weighted by atomic mass is 35.5. The molecular formula is C17H12Cl2F5N3O3. The molecule has 162 valence electrons. The van der Waals surface area contributed by atoms with Gasteiger partial charge in [0, 0.05) is 12.0 Å². The maximum Gasteiger partial charge on any atom is 0.471 e. The van der Waals surface area contributed by atoms with Crippen molar-refractivity contribution in [1.29, 1.82) is 0 Å². The Morgan fingerprint density at radius 2 is 1.93 bits per heavy atom. The van der Waals surface area contributed by atoms with Crippen molar-refractivity contribution < 1.29 is 36.1 Å². The summed E-state index contributed by atoms with van der Waals surface area (Å²) >= 11 is 10.9. The van der Waals surface area contributed by atoms with Gasteiger partial charge in [0.15, 0.2) is 0 Å². The molecule has 1 atom stereocenters. The summed E-state index contributed by atoms with van der Waals surface area (Å²) in [6, 6.07) is 5.70. The first kappa shape index (κ1) is 22.4. The average molecular weight is 472 g/mol. The smallest absolute Gasteiger partial charge is 0.329 e. The fourth-order valence-electron chi connectivity index (χ4n) is 2.41. The second-order valence-corrected chi connectivity index (χ2v) is 7.31. The molecule has 0 N–H and O–H groups in total. The predicted octanol–water partition coefficient (Wildman–Crippen LogP) is 4.99. The van der Waals surface area contributed by atoms with Crippen molar-refractivity contribution in [3.8, 4) is 11.4 Å². The number of aromatic nitrogens is 2. The van der Waals surface area contributed by atoms with Gasteiger partial charge in [-0.2, -0.15) is 18.2 Å². The number of hydrogen-bond donors (Lipinski definition) is 0. The SMILES string of the molecule is O=C(C1CC1(F)F)N(Cc1ccc(-c2noc(C(F)(F)F)n2)cc1)OCC=C(Cl)Cl. The minimum Gasteiger partial charge on any atom is -0.329 e. The predicted molar refractivity (Wildman–Crippen MR) is 94.1 cm³/mol.